The average molecular weight is 802 g/mol. The zero-order valence-electron chi connectivity index (χ0n) is 30.5. The molecule has 1 unspecified atom stereocenters. The first-order valence-electron chi connectivity index (χ1n) is 16.9. The number of carbonyl (C=O) groups is 4. The van der Waals surface area contributed by atoms with Crippen LogP contribution in [0.2, 0.25) is 20.1 Å². The second kappa shape index (κ2) is 17.8. The molecule has 13 heteroatoms. The normalized spacial score (nSPS) is 11.9. The number of aromatic nitrogens is 1. The van der Waals surface area contributed by atoms with Crippen molar-refractivity contribution >= 4 is 81.6 Å². The molecule has 0 radical (unpaired) electrons. The molecule has 0 saturated carbocycles. The minimum Gasteiger partial charge on any atom is -0.495 e. The number of halogens is 4. The molecule has 0 saturated heterocycles. The van der Waals surface area contributed by atoms with Gasteiger partial charge in [-0.2, -0.15) is 0 Å². The summed E-state index contributed by atoms with van der Waals surface area (Å²) < 4.78 is 11.2. The van der Waals surface area contributed by atoms with Gasteiger partial charge in [0.2, 0.25) is 5.91 Å². The van der Waals surface area contributed by atoms with E-state index in [0.717, 1.165) is 4.90 Å². The molecule has 9 nitrogen and oxygen atoms in total. The molecule has 1 atom stereocenters. The van der Waals surface area contributed by atoms with E-state index in [1.165, 1.54) is 43.6 Å². The number of benzene rings is 3. The number of rotatable bonds is 12. The lowest BCUT2D eigenvalue weighted by Gasteiger charge is -2.32. The molecular weight excluding hydrogens is 760 g/mol. The number of ether oxygens (including phenoxy) is 2. The molecule has 53 heavy (non-hydrogen) atoms. The van der Waals surface area contributed by atoms with Crippen LogP contribution in [0.25, 0.3) is 0 Å². The molecule has 0 N–H and O–H groups in total. The van der Waals surface area contributed by atoms with Gasteiger partial charge in [-0.15, -0.1) is 0 Å². The predicted molar refractivity (Wildman–Crippen MR) is 211 cm³/mol. The zero-order valence-corrected chi connectivity index (χ0v) is 33.5. The largest absolute Gasteiger partial charge is 0.495 e. The quantitative estimate of drug-likeness (QED) is 0.104. The van der Waals surface area contributed by atoms with Gasteiger partial charge in [0.25, 0.3) is 11.8 Å². The molecule has 3 amide bonds. The lowest BCUT2D eigenvalue weighted by Crippen LogP contribution is -2.42. The van der Waals surface area contributed by atoms with Gasteiger partial charge in [0.1, 0.15) is 11.6 Å². The summed E-state index contributed by atoms with van der Waals surface area (Å²) in [5.74, 6) is -2.56. The summed E-state index contributed by atoms with van der Waals surface area (Å²) in [6.07, 6.45) is 1.58. The number of anilines is 2. The smallest absolute Gasteiger partial charge is 0.313 e. The highest BCUT2D eigenvalue weighted by Crippen LogP contribution is 2.37. The van der Waals surface area contributed by atoms with Gasteiger partial charge in [0, 0.05) is 18.2 Å². The van der Waals surface area contributed by atoms with Gasteiger partial charge in [-0.1, -0.05) is 105 Å². The van der Waals surface area contributed by atoms with Crippen molar-refractivity contribution in [3.63, 3.8) is 0 Å². The Balaban J connectivity index is 1.79. The highest BCUT2D eigenvalue weighted by molar-refractivity contribution is 6.45. The van der Waals surface area contributed by atoms with Crippen molar-refractivity contribution in [2.75, 3.05) is 30.1 Å². The molecule has 0 aliphatic carbocycles. The van der Waals surface area contributed by atoms with Crippen LogP contribution in [0.1, 0.15) is 79.3 Å². The number of esters is 1. The maximum atomic E-state index is 14.1. The van der Waals surface area contributed by atoms with E-state index in [-0.39, 0.29) is 61.9 Å². The van der Waals surface area contributed by atoms with E-state index in [9.17, 15) is 19.2 Å². The summed E-state index contributed by atoms with van der Waals surface area (Å²) in [7, 11) is 1.53. The van der Waals surface area contributed by atoms with E-state index in [2.05, 4.69) is 4.98 Å². The molecule has 0 aliphatic heterocycles. The van der Waals surface area contributed by atoms with Crippen LogP contribution in [-0.2, 0) is 20.7 Å². The van der Waals surface area contributed by atoms with Crippen molar-refractivity contribution < 1.29 is 28.7 Å². The van der Waals surface area contributed by atoms with Crippen LogP contribution in [0, 0.1) is 11.3 Å². The first-order valence-corrected chi connectivity index (χ1v) is 18.4. The molecule has 3 aromatic carbocycles. The fourth-order valence-electron chi connectivity index (χ4n) is 5.61. The first kappa shape index (κ1) is 41.6. The molecule has 280 valence electrons. The second-order valence-electron chi connectivity index (χ2n) is 13.7. The Hall–Kier alpha value is -4.15. The summed E-state index contributed by atoms with van der Waals surface area (Å²) in [6.45, 7) is 11.9. The summed E-state index contributed by atoms with van der Waals surface area (Å²) in [5.41, 5.74) is 0.785. The number of carbonyl (C=O) groups excluding carboxylic acids is 4. The molecular formula is C40H41Cl4N3O6. The van der Waals surface area contributed by atoms with Crippen molar-refractivity contribution in [1.82, 2.24) is 4.98 Å². The molecule has 0 bridgehead atoms. The van der Waals surface area contributed by atoms with E-state index < -0.39 is 29.1 Å². The van der Waals surface area contributed by atoms with Crippen LogP contribution in [-0.4, -0.2) is 48.9 Å². The molecule has 0 aliphatic rings. The van der Waals surface area contributed by atoms with E-state index >= 15 is 0 Å². The molecule has 4 aromatic rings. The standard InChI is InChI=1S/C40H41Cl4N3O6/c1-8-53-38(50)26(25-16-17-32(52-7)31(20-25)46(22-23(2)3)39(51)40(4,5)6)19-24-15-18-33(45-21-24)47(36(48)34-27(41)11-9-12-28(34)42)37(49)35-29(43)13-10-14-30(35)44/h9-18,20-21,23,26H,8,19,22H2,1-7H3. The maximum Gasteiger partial charge on any atom is 0.313 e. The summed E-state index contributed by atoms with van der Waals surface area (Å²) >= 11 is 25.6. The minimum absolute atomic E-state index is 0.0227. The third-order valence-electron chi connectivity index (χ3n) is 8.14. The summed E-state index contributed by atoms with van der Waals surface area (Å²) in [6, 6.07) is 17.4. The van der Waals surface area contributed by atoms with Crippen molar-refractivity contribution in [3.8, 4) is 5.75 Å². The van der Waals surface area contributed by atoms with Crippen molar-refractivity contribution in [2.45, 2.75) is 53.9 Å². The number of hydrogen-bond donors (Lipinski definition) is 0. The number of methoxy groups -OCH3 is 1. The number of hydrogen-bond acceptors (Lipinski definition) is 7. The van der Waals surface area contributed by atoms with E-state index in [4.69, 9.17) is 55.9 Å². The average Bonchev–Trinajstić information content (AvgIpc) is 3.09. The lowest BCUT2D eigenvalue weighted by atomic mass is 9.90. The maximum absolute atomic E-state index is 14.1. The third kappa shape index (κ3) is 9.70. The van der Waals surface area contributed by atoms with Gasteiger partial charge in [-0.25, -0.2) is 9.88 Å². The Bertz CT molecular complexity index is 1890. The predicted octanol–water partition coefficient (Wildman–Crippen LogP) is 10.1. The van der Waals surface area contributed by atoms with E-state index in [1.54, 1.807) is 48.2 Å². The van der Waals surface area contributed by atoms with Gasteiger partial charge >= 0.3 is 5.97 Å². The monoisotopic (exact) mass is 799 g/mol. The highest BCUT2D eigenvalue weighted by Gasteiger charge is 2.34. The Labute approximate surface area is 330 Å². The lowest BCUT2D eigenvalue weighted by molar-refractivity contribution is -0.145. The topological polar surface area (TPSA) is 106 Å². The summed E-state index contributed by atoms with van der Waals surface area (Å²) in [5, 5.41) is 0.0906. The number of nitrogens with zero attached hydrogens (tertiary/aromatic N) is 3. The van der Waals surface area contributed by atoms with E-state index in [1.807, 2.05) is 34.6 Å². The highest BCUT2D eigenvalue weighted by atomic mass is 35.5. The minimum atomic E-state index is -0.854. The van der Waals surface area contributed by atoms with Crippen LogP contribution >= 0.6 is 46.4 Å². The Morgan fingerprint density at radius 2 is 1.36 bits per heavy atom. The SMILES string of the molecule is CCOC(=O)C(Cc1ccc(N(C(=O)c2c(Cl)cccc2Cl)C(=O)c2c(Cl)cccc2Cl)nc1)c1ccc(OC)c(N(CC(C)C)C(=O)C(C)(C)C)c1. The van der Waals surface area contributed by atoms with E-state index in [0.29, 0.717) is 29.1 Å². The fraction of sp³-hybridized carbons (Fsp3) is 0.325. The number of imide groups is 1. The van der Waals surface area contributed by atoms with Crippen molar-refractivity contribution in [3.05, 3.63) is 115 Å². The Morgan fingerprint density at radius 1 is 0.811 bits per heavy atom. The summed E-state index contributed by atoms with van der Waals surface area (Å²) in [4.78, 5) is 62.4. The van der Waals surface area contributed by atoms with Crippen LogP contribution in [0.4, 0.5) is 11.5 Å². The third-order valence-corrected chi connectivity index (χ3v) is 9.40. The second-order valence-corrected chi connectivity index (χ2v) is 15.3. The zero-order chi connectivity index (χ0) is 39.2. The molecule has 0 fully saturated rings. The van der Waals surface area contributed by atoms with Crippen LogP contribution in [0.3, 0.4) is 0 Å². The van der Waals surface area contributed by atoms with Gasteiger partial charge in [-0.3, -0.25) is 19.2 Å². The first-order chi connectivity index (χ1) is 25.0. The molecule has 1 aromatic heterocycles. The van der Waals surface area contributed by atoms with Gasteiger partial charge in [0.15, 0.2) is 0 Å². The van der Waals surface area contributed by atoms with Crippen LogP contribution in [0.5, 0.6) is 5.75 Å². The van der Waals surface area contributed by atoms with Crippen LogP contribution in [0.15, 0.2) is 72.9 Å². The van der Waals surface area contributed by atoms with Crippen LogP contribution < -0.4 is 14.5 Å². The molecule has 4 rings (SSSR count). The van der Waals surface area contributed by atoms with Gasteiger partial charge in [-0.05, 0) is 72.9 Å². The van der Waals surface area contributed by atoms with Gasteiger partial charge < -0.3 is 14.4 Å². The fourth-order valence-corrected chi connectivity index (χ4v) is 6.73. The van der Waals surface area contributed by atoms with Gasteiger partial charge in [0.05, 0.1) is 56.5 Å². The molecule has 1 heterocycles. The number of amides is 3. The molecule has 0 spiro atoms. The van der Waals surface area contributed by atoms with Crippen molar-refractivity contribution in [1.29, 1.82) is 0 Å². The Morgan fingerprint density at radius 3 is 1.79 bits per heavy atom. The van der Waals surface area contributed by atoms with Crippen molar-refractivity contribution in [2.24, 2.45) is 11.3 Å². The Kier molecular flexibility index (Phi) is 14.0. The number of pyridine rings is 1.